The summed E-state index contributed by atoms with van der Waals surface area (Å²) in [5.74, 6) is 0. The first kappa shape index (κ1) is 8.85. The molecule has 1 heterocycles. The van der Waals surface area contributed by atoms with Crippen molar-refractivity contribution in [3.05, 3.63) is 23.1 Å². The molecule has 2 rings (SSSR count). The predicted octanol–water partition coefficient (Wildman–Crippen LogP) is 2.13. The molecule has 0 aliphatic carbocycles. The van der Waals surface area contributed by atoms with Gasteiger partial charge in [0.2, 0.25) is 0 Å². The molecule has 70 valence electrons. The Balaban J connectivity index is 2.76. The third-order valence-electron chi connectivity index (χ3n) is 2.16. The van der Waals surface area contributed by atoms with Crippen molar-refractivity contribution in [3.63, 3.8) is 0 Å². The molecule has 0 aliphatic rings. The van der Waals surface area contributed by atoms with Gasteiger partial charge in [-0.3, -0.25) is 0 Å². The molecule has 0 saturated carbocycles. The number of fused-ring (bicyclic) bond motifs is 1. The fraction of sp³-hybridized carbons (Fsp3) is 0.100. The lowest BCUT2D eigenvalue weighted by Crippen LogP contribution is -1.96. The predicted molar refractivity (Wildman–Crippen MR) is 60.0 cm³/mol. The summed E-state index contributed by atoms with van der Waals surface area (Å²) in [5, 5.41) is 11.5. The molecular formula is C10H9N3S. The quantitative estimate of drug-likeness (QED) is 0.697. The van der Waals surface area contributed by atoms with E-state index in [9.17, 15) is 0 Å². The highest BCUT2D eigenvalue weighted by Crippen LogP contribution is 2.34. The standard InChI is InChI=1S/C10H9N3S/c11-3-1-6-5-8(12)10-7(9(6)13)2-4-14-10/h2,4-5H,1,12-13H2. The van der Waals surface area contributed by atoms with Gasteiger partial charge in [-0.1, -0.05) is 0 Å². The summed E-state index contributed by atoms with van der Waals surface area (Å²) in [5.41, 5.74) is 14.0. The molecule has 1 aromatic carbocycles. The second-order valence-electron chi connectivity index (χ2n) is 3.04. The minimum Gasteiger partial charge on any atom is -0.398 e. The van der Waals surface area contributed by atoms with Crippen LogP contribution < -0.4 is 11.5 Å². The lowest BCUT2D eigenvalue weighted by molar-refractivity contribution is 1.28. The van der Waals surface area contributed by atoms with Gasteiger partial charge >= 0.3 is 0 Å². The zero-order valence-electron chi connectivity index (χ0n) is 7.45. The van der Waals surface area contributed by atoms with E-state index in [1.807, 2.05) is 11.4 Å². The van der Waals surface area contributed by atoms with Gasteiger partial charge in [-0.05, 0) is 23.1 Å². The molecule has 2 aromatic rings. The van der Waals surface area contributed by atoms with Crippen LogP contribution in [0.15, 0.2) is 17.5 Å². The van der Waals surface area contributed by atoms with E-state index >= 15 is 0 Å². The highest BCUT2D eigenvalue weighted by atomic mass is 32.1. The molecule has 0 saturated heterocycles. The van der Waals surface area contributed by atoms with E-state index < -0.39 is 0 Å². The molecule has 0 fully saturated rings. The SMILES string of the molecule is N#CCc1cc(N)c2sccc2c1N. The normalized spacial score (nSPS) is 10.2. The second-order valence-corrected chi connectivity index (χ2v) is 3.95. The maximum Gasteiger partial charge on any atom is 0.0670 e. The van der Waals surface area contributed by atoms with E-state index in [4.69, 9.17) is 16.7 Å². The molecule has 3 nitrogen and oxygen atoms in total. The first-order valence-electron chi connectivity index (χ1n) is 4.15. The van der Waals surface area contributed by atoms with Crippen LogP contribution in [-0.4, -0.2) is 0 Å². The van der Waals surface area contributed by atoms with Gasteiger partial charge in [-0.2, -0.15) is 5.26 Å². The maximum atomic E-state index is 8.61. The number of nitrogens with zero attached hydrogens (tertiary/aromatic N) is 1. The zero-order chi connectivity index (χ0) is 10.1. The van der Waals surface area contributed by atoms with Gasteiger partial charge in [0.05, 0.1) is 17.2 Å². The highest BCUT2D eigenvalue weighted by Gasteiger charge is 2.08. The highest BCUT2D eigenvalue weighted by molar-refractivity contribution is 7.18. The summed E-state index contributed by atoms with van der Waals surface area (Å²) >= 11 is 1.57. The first-order chi connectivity index (χ1) is 6.74. The minimum absolute atomic E-state index is 0.307. The molecular weight excluding hydrogens is 194 g/mol. The number of nitrogen functional groups attached to an aromatic ring is 2. The molecule has 14 heavy (non-hydrogen) atoms. The van der Waals surface area contributed by atoms with E-state index in [2.05, 4.69) is 6.07 Å². The molecule has 4 N–H and O–H groups in total. The minimum atomic E-state index is 0.307. The van der Waals surface area contributed by atoms with Crippen LogP contribution in [0.2, 0.25) is 0 Å². The number of hydrogen-bond donors (Lipinski definition) is 2. The number of nitrogens with two attached hydrogens (primary N) is 2. The van der Waals surface area contributed by atoms with E-state index in [1.165, 1.54) is 0 Å². The summed E-state index contributed by atoms with van der Waals surface area (Å²) in [6.45, 7) is 0. The van der Waals surface area contributed by atoms with Gasteiger partial charge in [0.1, 0.15) is 0 Å². The number of hydrogen-bond acceptors (Lipinski definition) is 4. The topological polar surface area (TPSA) is 75.8 Å². The van der Waals surface area contributed by atoms with Crippen molar-refractivity contribution in [1.82, 2.24) is 0 Å². The van der Waals surface area contributed by atoms with Crippen LogP contribution in [0.25, 0.3) is 10.1 Å². The first-order valence-corrected chi connectivity index (χ1v) is 5.03. The molecule has 4 heteroatoms. The monoisotopic (exact) mass is 203 g/mol. The Hall–Kier alpha value is -1.73. The average Bonchev–Trinajstić information content (AvgIpc) is 2.63. The van der Waals surface area contributed by atoms with Crippen molar-refractivity contribution >= 4 is 32.8 Å². The molecule has 0 radical (unpaired) electrons. The van der Waals surface area contributed by atoms with Crippen LogP contribution in [0, 0.1) is 11.3 Å². The van der Waals surface area contributed by atoms with Crippen LogP contribution in [-0.2, 0) is 6.42 Å². The van der Waals surface area contributed by atoms with E-state index in [0.717, 1.165) is 15.6 Å². The Morgan fingerprint density at radius 2 is 2.21 bits per heavy atom. The molecule has 0 atom stereocenters. The smallest absolute Gasteiger partial charge is 0.0670 e. The third kappa shape index (κ3) is 1.19. The molecule has 0 spiro atoms. The Labute approximate surface area is 85.6 Å². The van der Waals surface area contributed by atoms with E-state index in [-0.39, 0.29) is 0 Å². The lowest BCUT2D eigenvalue weighted by atomic mass is 10.1. The fourth-order valence-electron chi connectivity index (χ4n) is 1.48. The summed E-state index contributed by atoms with van der Waals surface area (Å²) < 4.78 is 1.00. The Kier molecular flexibility index (Phi) is 2.02. The molecule has 0 bridgehead atoms. The lowest BCUT2D eigenvalue weighted by Gasteiger charge is -2.05. The second kappa shape index (κ2) is 3.20. The van der Waals surface area contributed by atoms with Crippen LogP contribution in [0.1, 0.15) is 5.56 Å². The average molecular weight is 203 g/mol. The van der Waals surface area contributed by atoms with Gasteiger partial charge in [0.25, 0.3) is 0 Å². The van der Waals surface area contributed by atoms with Gasteiger partial charge in [-0.15, -0.1) is 11.3 Å². The molecule has 0 aliphatic heterocycles. The number of anilines is 2. The number of nitriles is 1. The van der Waals surface area contributed by atoms with Crippen LogP contribution in [0.5, 0.6) is 0 Å². The van der Waals surface area contributed by atoms with Crippen molar-refractivity contribution in [2.45, 2.75) is 6.42 Å². The summed E-state index contributed by atoms with van der Waals surface area (Å²) in [7, 11) is 0. The summed E-state index contributed by atoms with van der Waals surface area (Å²) in [4.78, 5) is 0. The molecule has 1 aromatic heterocycles. The van der Waals surface area contributed by atoms with E-state index in [0.29, 0.717) is 17.8 Å². The Morgan fingerprint density at radius 1 is 1.43 bits per heavy atom. The van der Waals surface area contributed by atoms with Crippen molar-refractivity contribution in [1.29, 1.82) is 5.26 Å². The molecule has 0 unspecified atom stereocenters. The van der Waals surface area contributed by atoms with Crippen molar-refractivity contribution in [3.8, 4) is 6.07 Å². The van der Waals surface area contributed by atoms with Crippen LogP contribution in [0.3, 0.4) is 0 Å². The molecule has 0 amide bonds. The van der Waals surface area contributed by atoms with Crippen molar-refractivity contribution < 1.29 is 0 Å². The number of rotatable bonds is 1. The van der Waals surface area contributed by atoms with Crippen molar-refractivity contribution in [2.75, 3.05) is 11.5 Å². The Morgan fingerprint density at radius 3 is 2.93 bits per heavy atom. The van der Waals surface area contributed by atoms with Crippen molar-refractivity contribution in [2.24, 2.45) is 0 Å². The van der Waals surface area contributed by atoms with Gasteiger partial charge in [0, 0.05) is 16.8 Å². The van der Waals surface area contributed by atoms with E-state index in [1.54, 1.807) is 17.4 Å². The zero-order valence-corrected chi connectivity index (χ0v) is 8.27. The fourth-order valence-corrected chi connectivity index (χ4v) is 2.32. The third-order valence-corrected chi connectivity index (χ3v) is 3.13. The van der Waals surface area contributed by atoms with Crippen LogP contribution in [0.4, 0.5) is 11.4 Å². The summed E-state index contributed by atoms with van der Waals surface area (Å²) in [6.07, 6.45) is 0.307. The van der Waals surface area contributed by atoms with Crippen LogP contribution >= 0.6 is 11.3 Å². The van der Waals surface area contributed by atoms with Gasteiger partial charge in [0.15, 0.2) is 0 Å². The van der Waals surface area contributed by atoms with Gasteiger partial charge < -0.3 is 11.5 Å². The number of thiophene rings is 1. The Bertz CT molecular complexity index is 522. The largest absolute Gasteiger partial charge is 0.398 e. The summed E-state index contributed by atoms with van der Waals surface area (Å²) in [6, 6.07) is 5.80. The maximum absolute atomic E-state index is 8.61. The number of benzene rings is 1. The van der Waals surface area contributed by atoms with Gasteiger partial charge in [-0.25, -0.2) is 0 Å².